The molecule has 2 rings (SSSR count). The molecule has 0 bridgehead atoms. The second kappa shape index (κ2) is 10.2. The molecule has 160 valence electrons. The predicted molar refractivity (Wildman–Crippen MR) is 104 cm³/mol. The summed E-state index contributed by atoms with van der Waals surface area (Å²) in [6.07, 6.45) is 10.8. The summed E-state index contributed by atoms with van der Waals surface area (Å²) >= 11 is -0.545. The molecule has 8 heteroatoms. The van der Waals surface area contributed by atoms with Gasteiger partial charge in [-0.3, -0.25) is 4.79 Å². The first-order chi connectivity index (χ1) is 13.1. The molecule has 0 aliphatic heterocycles. The normalized spacial score (nSPS) is 25.3. The van der Waals surface area contributed by atoms with Gasteiger partial charge in [-0.1, -0.05) is 38.3 Å². The first kappa shape index (κ1) is 23.3. The van der Waals surface area contributed by atoms with Crippen LogP contribution in [0.25, 0.3) is 0 Å². The Kier molecular flexibility index (Phi) is 8.45. The Hall–Kier alpha value is -0.990. The minimum Gasteiger partial charge on any atom is -0.621 e. The number of allylic oxidation sites excluding steroid dienone is 3. The fourth-order valence-electron chi connectivity index (χ4n) is 3.72. The van der Waals surface area contributed by atoms with Crippen LogP contribution in [0.1, 0.15) is 65.2 Å². The SMILES string of the molecule is CC1C=C2CC2=CC(C)(C(=O)OCCCCCCCC[NH+]([O-])SC(F)(F)F)C1. The van der Waals surface area contributed by atoms with Crippen LogP contribution in [0.4, 0.5) is 13.2 Å². The number of nitrogens with one attached hydrogen (secondary N) is 1. The van der Waals surface area contributed by atoms with E-state index >= 15 is 0 Å². The van der Waals surface area contributed by atoms with Crippen LogP contribution in [-0.4, -0.2) is 24.6 Å². The monoisotopic (exact) mass is 421 g/mol. The van der Waals surface area contributed by atoms with Gasteiger partial charge in [0.1, 0.15) is 0 Å². The molecule has 1 fully saturated rings. The number of quaternary nitrogens is 1. The fraction of sp³-hybridized carbons (Fsp3) is 0.750. The van der Waals surface area contributed by atoms with Crippen LogP contribution in [0.3, 0.4) is 0 Å². The first-order valence-electron chi connectivity index (χ1n) is 9.98. The van der Waals surface area contributed by atoms with Crippen molar-refractivity contribution in [2.75, 3.05) is 13.2 Å². The number of alkyl halides is 3. The van der Waals surface area contributed by atoms with Gasteiger partial charge in [0.15, 0.2) is 11.9 Å². The van der Waals surface area contributed by atoms with Crippen molar-refractivity contribution in [1.82, 2.24) is 0 Å². The van der Waals surface area contributed by atoms with Crippen LogP contribution in [0.2, 0.25) is 0 Å². The lowest BCUT2D eigenvalue weighted by Crippen LogP contribution is -3.01. The van der Waals surface area contributed by atoms with Gasteiger partial charge in [-0.15, -0.1) is 0 Å². The lowest BCUT2D eigenvalue weighted by atomic mass is 9.81. The summed E-state index contributed by atoms with van der Waals surface area (Å²) in [5.74, 6) is 0.208. The highest BCUT2D eigenvalue weighted by Crippen LogP contribution is 2.46. The Morgan fingerprint density at radius 2 is 1.89 bits per heavy atom. The largest absolute Gasteiger partial charge is 0.621 e. The van der Waals surface area contributed by atoms with Crippen molar-refractivity contribution in [3.63, 3.8) is 0 Å². The van der Waals surface area contributed by atoms with Crippen LogP contribution in [0.15, 0.2) is 23.3 Å². The van der Waals surface area contributed by atoms with Gasteiger partial charge in [-0.05, 0) is 56.1 Å². The average molecular weight is 422 g/mol. The highest BCUT2D eigenvalue weighted by molar-refractivity contribution is 7.93. The van der Waals surface area contributed by atoms with E-state index in [1.54, 1.807) is 0 Å². The number of fused-ring (bicyclic) bond motifs is 1. The van der Waals surface area contributed by atoms with Crippen molar-refractivity contribution in [3.8, 4) is 0 Å². The van der Waals surface area contributed by atoms with Crippen LogP contribution in [0.5, 0.6) is 0 Å². The van der Waals surface area contributed by atoms with Crippen molar-refractivity contribution in [2.24, 2.45) is 11.3 Å². The summed E-state index contributed by atoms with van der Waals surface area (Å²) in [7, 11) is 0. The Balaban J connectivity index is 1.51. The zero-order valence-electron chi connectivity index (χ0n) is 16.6. The smallest absolute Gasteiger partial charge is 0.496 e. The molecule has 1 saturated carbocycles. The maximum absolute atomic E-state index is 12.5. The van der Waals surface area contributed by atoms with Crippen molar-refractivity contribution in [3.05, 3.63) is 28.5 Å². The molecule has 0 aromatic rings. The summed E-state index contributed by atoms with van der Waals surface area (Å²) in [6, 6.07) is 0. The quantitative estimate of drug-likeness (QED) is 0.227. The van der Waals surface area contributed by atoms with Gasteiger partial charge in [0, 0.05) is 0 Å². The lowest BCUT2D eigenvalue weighted by Gasteiger charge is -2.25. The van der Waals surface area contributed by atoms with Gasteiger partial charge < -0.3 is 14.4 Å². The zero-order chi connectivity index (χ0) is 20.8. The molecule has 3 atom stereocenters. The summed E-state index contributed by atoms with van der Waals surface area (Å²) in [5.41, 5.74) is -2.39. The van der Waals surface area contributed by atoms with Gasteiger partial charge in [0.25, 0.3) is 0 Å². The van der Waals surface area contributed by atoms with Crippen LogP contribution in [-0.2, 0) is 9.53 Å². The van der Waals surface area contributed by atoms with Gasteiger partial charge in [0.2, 0.25) is 0 Å². The summed E-state index contributed by atoms with van der Waals surface area (Å²) in [6.45, 7) is 4.44. The highest BCUT2D eigenvalue weighted by Gasteiger charge is 2.39. The number of halogens is 3. The number of unbranched alkanes of at least 4 members (excludes halogenated alkanes) is 5. The maximum Gasteiger partial charge on any atom is 0.496 e. The van der Waals surface area contributed by atoms with E-state index in [9.17, 15) is 23.2 Å². The molecule has 0 saturated heterocycles. The fourth-order valence-corrected chi connectivity index (χ4v) is 4.22. The van der Waals surface area contributed by atoms with Gasteiger partial charge >= 0.3 is 11.5 Å². The van der Waals surface area contributed by atoms with E-state index in [0.29, 0.717) is 18.9 Å². The summed E-state index contributed by atoms with van der Waals surface area (Å²) < 4.78 is 40.7. The van der Waals surface area contributed by atoms with E-state index in [1.165, 1.54) is 11.1 Å². The van der Waals surface area contributed by atoms with Crippen molar-refractivity contribution in [2.45, 2.75) is 70.7 Å². The number of hydroxylamine groups is 1. The first-order valence-corrected chi connectivity index (χ1v) is 10.8. The number of hydrogen-bond donors (Lipinski definition) is 1. The number of carbonyl (C=O) groups excluding carboxylic acids is 1. The van der Waals surface area contributed by atoms with E-state index in [-0.39, 0.29) is 12.5 Å². The molecule has 0 aromatic heterocycles. The molecule has 0 aromatic carbocycles. The van der Waals surface area contributed by atoms with E-state index in [1.807, 2.05) is 6.92 Å². The van der Waals surface area contributed by atoms with Crippen molar-refractivity contribution >= 4 is 17.9 Å². The van der Waals surface area contributed by atoms with Crippen molar-refractivity contribution < 1.29 is 27.2 Å². The third-order valence-corrected chi connectivity index (χ3v) is 5.76. The number of esters is 1. The molecule has 2 aliphatic rings. The minimum atomic E-state index is -4.48. The van der Waals surface area contributed by atoms with Crippen LogP contribution < -0.4 is 4.47 Å². The molecule has 3 unspecified atom stereocenters. The number of rotatable bonds is 11. The minimum absolute atomic E-state index is 0.0368. The maximum atomic E-state index is 12.5. The number of hydrogen-bond acceptors (Lipinski definition) is 4. The molecule has 0 radical (unpaired) electrons. The predicted octanol–water partition coefficient (Wildman–Crippen LogP) is 4.72. The molecule has 4 nitrogen and oxygen atoms in total. The molecule has 0 heterocycles. The van der Waals surface area contributed by atoms with E-state index in [4.69, 9.17) is 4.74 Å². The standard InChI is InChI=1S/C20H30F3NO3S/c1-15-11-16-12-17(16)14-19(2,13-15)18(25)27-10-8-6-4-3-5-7-9-24(26)28-20(21,22)23/h11,14-15,24H,3-10,12-13H2,1-2H3. The second-order valence-corrected chi connectivity index (χ2v) is 9.19. The third-order valence-electron chi connectivity index (χ3n) is 5.10. The van der Waals surface area contributed by atoms with Crippen LogP contribution >= 0.6 is 11.9 Å². The Labute approximate surface area is 169 Å². The molecule has 0 spiro atoms. The highest BCUT2D eigenvalue weighted by atomic mass is 32.2. The average Bonchev–Trinajstić information content (AvgIpc) is 3.28. The van der Waals surface area contributed by atoms with E-state index in [0.717, 1.165) is 44.9 Å². The Morgan fingerprint density at radius 3 is 2.57 bits per heavy atom. The van der Waals surface area contributed by atoms with Gasteiger partial charge in [-0.25, -0.2) is 0 Å². The number of ether oxygens (including phenoxy) is 1. The lowest BCUT2D eigenvalue weighted by molar-refractivity contribution is -0.698. The molecular formula is C20H30F3NO3S. The number of carbonyl (C=O) groups is 1. The molecule has 0 amide bonds. The Bertz CT molecular complexity index is 606. The molecular weight excluding hydrogens is 391 g/mol. The van der Waals surface area contributed by atoms with E-state index in [2.05, 4.69) is 19.1 Å². The third kappa shape index (κ3) is 8.17. The summed E-state index contributed by atoms with van der Waals surface area (Å²) in [4.78, 5) is 12.5. The molecule has 2 aliphatic carbocycles. The molecule has 1 N–H and O–H groups in total. The van der Waals surface area contributed by atoms with Crippen molar-refractivity contribution in [1.29, 1.82) is 0 Å². The summed E-state index contributed by atoms with van der Waals surface area (Å²) in [5, 5.41) is 11.1. The van der Waals surface area contributed by atoms with Crippen LogP contribution in [0, 0.1) is 16.5 Å². The Morgan fingerprint density at radius 1 is 1.25 bits per heavy atom. The van der Waals surface area contributed by atoms with Gasteiger partial charge in [-0.2, -0.15) is 13.2 Å². The zero-order valence-corrected chi connectivity index (χ0v) is 17.4. The van der Waals surface area contributed by atoms with E-state index < -0.39 is 27.3 Å². The topological polar surface area (TPSA) is 53.8 Å². The van der Waals surface area contributed by atoms with Gasteiger partial charge in [0.05, 0.1) is 18.6 Å². The molecule has 28 heavy (non-hydrogen) atoms. The second-order valence-electron chi connectivity index (χ2n) is 8.06.